The fraction of sp³-hybridized carbons (Fsp3) is 0.250. The fourth-order valence-corrected chi connectivity index (χ4v) is 6.05. The summed E-state index contributed by atoms with van der Waals surface area (Å²) in [7, 11) is -4.37. The van der Waals surface area contributed by atoms with Crippen LogP contribution < -0.4 is 0 Å². The minimum Gasteiger partial charge on any atom is -0.485 e. The third-order valence-electron chi connectivity index (χ3n) is 7.43. The molecule has 0 amide bonds. The highest BCUT2D eigenvalue weighted by molar-refractivity contribution is 7.48. The van der Waals surface area contributed by atoms with E-state index in [1.54, 1.807) is 0 Å². The van der Waals surface area contributed by atoms with Crippen molar-refractivity contribution in [3.05, 3.63) is 154 Å². The van der Waals surface area contributed by atoms with E-state index in [4.69, 9.17) is 27.8 Å². The summed E-state index contributed by atoms with van der Waals surface area (Å²) in [6.45, 7) is 3.16. The van der Waals surface area contributed by atoms with Gasteiger partial charge in [0.15, 0.2) is 11.9 Å². The number of aliphatic hydroxyl groups excluding tert-OH is 1. The summed E-state index contributed by atoms with van der Waals surface area (Å²) in [4.78, 5) is 13.2. The van der Waals surface area contributed by atoms with E-state index in [0.717, 1.165) is 33.4 Å². The van der Waals surface area contributed by atoms with Crippen LogP contribution >= 0.6 is 7.82 Å². The predicted octanol–water partition coefficient (Wildman–Crippen LogP) is 7.09. The number of carbonyl (C=O) groups is 1. The Labute approximate surface area is 268 Å². The molecule has 1 aliphatic rings. The van der Waals surface area contributed by atoms with Gasteiger partial charge in [0.25, 0.3) is 0 Å². The van der Waals surface area contributed by atoms with Crippen molar-refractivity contribution in [2.24, 2.45) is 0 Å². The number of benzene rings is 4. The lowest BCUT2D eigenvalue weighted by Gasteiger charge is -2.27. The van der Waals surface area contributed by atoms with Crippen LogP contribution in [0.15, 0.2) is 121 Å². The van der Waals surface area contributed by atoms with Gasteiger partial charge in [-0.1, -0.05) is 109 Å². The first kappa shape index (κ1) is 33.1. The van der Waals surface area contributed by atoms with Gasteiger partial charge in [0.05, 0.1) is 19.8 Å². The Morgan fingerprint density at radius 3 is 1.67 bits per heavy atom. The molecular weight excluding hydrogens is 607 g/mol. The normalized spacial score (nSPS) is 15.5. The highest BCUT2D eigenvalue weighted by Gasteiger charge is 2.46. The van der Waals surface area contributed by atoms with Crippen LogP contribution in [0.25, 0.3) is 0 Å². The molecule has 4 aromatic carbocycles. The van der Waals surface area contributed by atoms with E-state index in [1.807, 2.05) is 123 Å². The number of carbonyl (C=O) groups excluding carboxylic acids is 1. The SMILES string of the molecule is Cc1ccccc1COC1=C(OCc2ccccc2C)C(C(CO)OP(=O)(OCc2ccccc2)OCc2ccccc2)OC1=O. The van der Waals surface area contributed by atoms with Crippen molar-refractivity contribution in [1.29, 1.82) is 0 Å². The second-order valence-electron chi connectivity index (χ2n) is 10.7. The maximum atomic E-state index is 14.1. The Hall–Kier alpha value is -4.24. The van der Waals surface area contributed by atoms with Crippen molar-refractivity contribution >= 4 is 13.8 Å². The van der Waals surface area contributed by atoms with Gasteiger partial charge in [-0.25, -0.2) is 9.36 Å². The van der Waals surface area contributed by atoms with Gasteiger partial charge < -0.3 is 19.3 Å². The third-order valence-corrected chi connectivity index (χ3v) is 8.85. The fourth-order valence-electron chi connectivity index (χ4n) is 4.73. The summed E-state index contributed by atoms with van der Waals surface area (Å²) in [6, 6.07) is 33.5. The van der Waals surface area contributed by atoms with Gasteiger partial charge >= 0.3 is 13.8 Å². The molecule has 1 aliphatic heterocycles. The van der Waals surface area contributed by atoms with Crippen LogP contribution in [0.5, 0.6) is 0 Å². The molecule has 0 fully saturated rings. The quantitative estimate of drug-likeness (QED) is 0.101. The summed E-state index contributed by atoms with van der Waals surface area (Å²) in [6.07, 6.45) is -2.69. The van der Waals surface area contributed by atoms with Gasteiger partial charge in [0.2, 0.25) is 5.76 Å². The van der Waals surface area contributed by atoms with Gasteiger partial charge in [0, 0.05) is 0 Å². The molecule has 0 bridgehead atoms. The molecule has 0 aliphatic carbocycles. The number of phosphoric acid groups is 1. The largest absolute Gasteiger partial charge is 0.485 e. The predicted molar refractivity (Wildman–Crippen MR) is 171 cm³/mol. The first-order valence-corrected chi connectivity index (χ1v) is 16.4. The molecule has 240 valence electrons. The van der Waals surface area contributed by atoms with E-state index in [-0.39, 0.29) is 37.9 Å². The molecule has 0 aromatic heterocycles. The number of cyclic esters (lactones) is 1. The summed E-state index contributed by atoms with van der Waals surface area (Å²) < 4.78 is 49.4. The smallest absolute Gasteiger partial charge is 0.475 e. The lowest BCUT2D eigenvalue weighted by molar-refractivity contribution is -0.148. The van der Waals surface area contributed by atoms with Crippen LogP contribution in [0.3, 0.4) is 0 Å². The van der Waals surface area contributed by atoms with E-state index < -0.39 is 32.6 Å². The van der Waals surface area contributed by atoms with Crippen molar-refractivity contribution in [3.8, 4) is 0 Å². The molecule has 46 heavy (non-hydrogen) atoms. The number of hydrogen-bond donors (Lipinski definition) is 1. The van der Waals surface area contributed by atoms with Crippen LogP contribution in [0.2, 0.25) is 0 Å². The topological polar surface area (TPSA) is 110 Å². The summed E-state index contributed by atoms with van der Waals surface area (Å²) >= 11 is 0. The molecule has 0 radical (unpaired) electrons. The van der Waals surface area contributed by atoms with E-state index in [2.05, 4.69) is 0 Å². The monoisotopic (exact) mass is 644 g/mol. The highest BCUT2D eigenvalue weighted by Crippen LogP contribution is 2.53. The van der Waals surface area contributed by atoms with Gasteiger partial charge in [-0.05, 0) is 47.2 Å². The lowest BCUT2D eigenvalue weighted by atomic mass is 10.1. The molecule has 1 N–H and O–H groups in total. The molecule has 2 unspecified atom stereocenters. The maximum Gasteiger partial charge on any atom is 0.475 e. The number of esters is 1. The Morgan fingerprint density at radius 1 is 0.696 bits per heavy atom. The molecule has 1 heterocycles. The molecule has 10 heteroatoms. The van der Waals surface area contributed by atoms with Crippen molar-refractivity contribution in [3.63, 3.8) is 0 Å². The molecule has 0 spiro atoms. The standard InChI is InChI=1S/C36H37O9P/c1-26-13-9-11-19-30(26)24-40-34-33(44-36(38)35(34)41-25-31-20-12-10-14-27(31)2)32(21-37)45-46(39,42-22-28-15-5-3-6-16-28)43-23-29-17-7-4-8-18-29/h3-20,32-33,37H,21-25H2,1-2H3. The van der Waals surface area contributed by atoms with Crippen LogP contribution in [0.1, 0.15) is 33.4 Å². The second-order valence-corrected chi connectivity index (χ2v) is 12.4. The van der Waals surface area contributed by atoms with Crippen molar-refractivity contribution < 1.29 is 42.2 Å². The zero-order valence-electron chi connectivity index (χ0n) is 25.7. The number of aliphatic hydroxyl groups is 1. The van der Waals surface area contributed by atoms with Gasteiger partial charge in [-0.3, -0.25) is 13.6 Å². The van der Waals surface area contributed by atoms with E-state index in [9.17, 15) is 14.5 Å². The molecule has 0 saturated heterocycles. The van der Waals surface area contributed by atoms with Crippen molar-refractivity contribution in [2.75, 3.05) is 6.61 Å². The van der Waals surface area contributed by atoms with Gasteiger partial charge in [0.1, 0.15) is 19.3 Å². The maximum absolute atomic E-state index is 14.1. The number of rotatable bonds is 16. The molecule has 5 rings (SSSR count). The average molecular weight is 645 g/mol. The van der Waals surface area contributed by atoms with Gasteiger partial charge in [-0.2, -0.15) is 0 Å². The van der Waals surface area contributed by atoms with Crippen LogP contribution in [-0.4, -0.2) is 29.9 Å². The summed E-state index contributed by atoms with van der Waals surface area (Å²) in [5.74, 6) is -0.946. The van der Waals surface area contributed by atoms with Gasteiger partial charge in [-0.15, -0.1) is 0 Å². The Morgan fingerprint density at radius 2 is 1.17 bits per heavy atom. The van der Waals surface area contributed by atoms with Crippen LogP contribution in [-0.2, 0) is 63.6 Å². The number of hydrogen-bond acceptors (Lipinski definition) is 9. The zero-order chi connectivity index (χ0) is 32.4. The molecule has 2 atom stereocenters. The van der Waals surface area contributed by atoms with Crippen molar-refractivity contribution in [2.45, 2.75) is 52.5 Å². The minimum atomic E-state index is -4.37. The number of phosphoric ester groups is 1. The van der Waals surface area contributed by atoms with E-state index in [1.165, 1.54) is 0 Å². The summed E-state index contributed by atoms with van der Waals surface area (Å²) in [5, 5.41) is 10.5. The minimum absolute atomic E-state index is 0.0126. The van der Waals surface area contributed by atoms with E-state index in [0.29, 0.717) is 0 Å². The Bertz CT molecular complexity index is 1630. The lowest BCUT2D eigenvalue weighted by Crippen LogP contribution is -2.35. The molecule has 0 saturated carbocycles. The zero-order valence-corrected chi connectivity index (χ0v) is 26.6. The first-order chi connectivity index (χ1) is 22.3. The number of ether oxygens (including phenoxy) is 3. The Balaban J connectivity index is 1.42. The second kappa shape index (κ2) is 15.9. The van der Waals surface area contributed by atoms with Crippen molar-refractivity contribution in [1.82, 2.24) is 0 Å². The van der Waals surface area contributed by atoms with E-state index >= 15 is 0 Å². The highest BCUT2D eigenvalue weighted by atomic mass is 31.2. The molecular formula is C36H37O9P. The summed E-state index contributed by atoms with van der Waals surface area (Å²) in [5.41, 5.74) is 5.17. The first-order valence-electron chi connectivity index (χ1n) is 14.9. The Kier molecular flexibility index (Phi) is 11.4. The van der Waals surface area contributed by atoms with Crippen LogP contribution in [0, 0.1) is 13.8 Å². The number of aryl methyl sites for hydroxylation is 2. The molecule has 9 nitrogen and oxygen atoms in total. The third kappa shape index (κ3) is 8.72. The average Bonchev–Trinajstić information content (AvgIpc) is 3.40. The van der Waals surface area contributed by atoms with Crippen LogP contribution in [0.4, 0.5) is 0 Å². The molecule has 4 aromatic rings.